The van der Waals surface area contributed by atoms with Gasteiger partial charge in [0.1, 0.15) is 18.4 Å². The van der Waals surface area contributed by atoms with E-state index in [1.165, 1.54) is 5.56 Å². The first-order valence-electron chi connectivity index (χ1n) is 7.51. The van der Waals surface area contributed by atoms with E-state index in [0.717, 1.165) is 31.8 Å². The molecule has 1 aromatic carbocycles. The van der Waals surface area contributed by atoms with E-state index in [2.05, 4.69) is 16.3 Å². The summed E-state index contributed by atoms with van der Waals surface area (Å²) in [7, 11) is 1.79. The predicted octanol–water partition coefficient (Wildman–Crippen LogP) is 1.42. The number of ether oxygens (including phenoxy) is 2. The molecule has 1 unspecified atom stereocenters. The van der Waals surface area contributed by atoms with Crippen LogP contribution in [0.1, 0.15) is 18.9 Å². The van der Waals surface area contributed by atoms with Crippen molar-refractivity contribution >= 4 is 5.97 Å². The summed E-state index contributed by atoms with van der Waals surface area (Å²) in [6, 6.07) is 7.87. The molecule has 5 nitrogen and oxygen atoms in total. The van der Waals surface area contributed by atoms with Crippen LogP contribution in [0.4, 0.5) is 0 Å². The first-order chi connectivity index (χ1) is 10.2. The van der Waals surface area contributed by atoms with Crippen molar-refractivity contribution in [2.24, 2.45) is 0 Å². The van der Waals surface area contributed by atoms with Crippen LogP contribution in [0.25, 0.3) is 0 Å². The van der Waals surface area contributed by atoms with E-state index in [-0.39, 0.29) is 12.0 Å². The van der Waals surface area contributed by atoms with Crippen molar-refractivity contribution in [1.82, 2.24) is 10.2 Å². The van der Waals surface area contributed by atoms with E-state index >= 15 is 0 Å². The van der Waals surface area contributed by atoms with Crippen LogP contribution in [-0.4, -0.2) is 50.3 Å². The fourth-order valence-electron chi connectivity index (χ4n) is 2.51. The van der Waals surface area contributed by atoms with Gasteiger partial charge in [0.15, 0.2) is 0 Å². The Bertz CT molecular complexity index is 465. The van der Waals surface area contributed by atoms with Crippen molar-refractivity contribution in [3.8, 4) is 5.75 Å². The number of fused-ring (bicyclic) bond motifs is 1. The first kappa shape index (κ1) is 15.8. The van der Waals surface area contributed by atoms with Gasteiger partial charge in [0.25, 0.3) is 0 Å². The Morgan fingerprint density at radius 2 is 2.29 bits per heavy atom. The molecule has 0 aromatic heterocycles. The number of esters is 1. The molecule has 0 bridgehead atoms. The van der Waals surface area contributed by atoms with Crippen LogP contribution >= 0.6 is 0 Å². The first-order valence-corrected chi connectivity index (χ1v) is 7.51. The Morgan fingerprint density at radius 3 is 3.05 bits per heavy atom. The third kappa shape index (κ3) is 4.44. The Hall–Kier alpha value is -1.59. The van der Waals surface area contributed by atoms with Crippen LogP contribution < -0.4 is 10.1 Å². The van der Waals surface area contributed by atoms with Crippen molar-refractivity contribution in [2.45, 2.75) is 25.9 Å². The Kier molecular flexibility index (Phi) is 6.02. The summed E-state index contributed by atoms with van der Waals surface area (Å²) in [6.07, 6.45) is 0.734. The van der Waals surface area contributed by atoms with Crippen LogP contribution in [0, 0.1) is 0 Å². The van der Waals surface area contributed by atoms with Gasteiger partial charge in [-0.3, -0.25) is 9.69 Å². The number of carbonyl (C=O) groups excluding carboxylic acids is 1. The molecule has 21 heavy (non-hydrogen) atoms. The zero-order valence-corrected chi connectivity index (χ0v) is 12.8. The Balaban J connectivity index is 1.89. The van der Waals surface area contributed by atoms with Gasteiger partial charge in [0, 0.05) is 25.2 Å². The molecule has 0 fully saturated rings. The van der Waals surface area contributed by atoms with E-state index < -0.39 is 0 Å². The standard InChI is InChI=1S/C16H24N2O3/c1-3-20-16(19)14(17-2)8-9-18-10-11-21-15-7-5-4-6-13(15)12-18/h4-7,14,17H,3,8-12H2,1-2H3. The normalized spacial score (nSPS) is 16.5. The number of para-hydroxylation sites is 1. The number of likely N-dealkylation sites (N-methyl/N-ethyl adjacent to an activating group) is 1. The molecular formula is C16H24N2O3. The average molecular weight is 292 g/mol. The fourth-order valence-corrected chi connectivity index (χ4v) is 2.51. The molecule has 1 aliphatic heterocycles. The molecule has 1 aliphatic rings. The molecule has 1 N–H and O–H groups in total. The summed E-state index contributed by atoms with van der Waals surface area (Å²) in [4.78, 5) is 14.1. The Labute approximate surface area is 126 Å². The number of hydrogen-bond donors (Lipinski definition) is 1. The van der Waals surface area contributed by atoms with Gasteiger partial charge in [0.2, 0.25) is 0 Å². The summed E-state index contributed by atoms with van der Waals surface area (Å²) in [5, 5.41) is 3.03. The zero-order valence-electron chi connectivity index (χ0n) is 12.8. The lowest BCUT2D eigenvalue weighted by molar-refractivity contribution is -0.145. The highest BCUT2D eigenvalue weighted by Gasteiger charge is 2.20. The molecule has 2 rings (SSSR count). The van der Waals surface area contributed by atoms with E-state index in [4.69, 9.17) is 9.47 Å². The smallest absolute Gasteiger partial charge is 0.323 e. The lowest BCUT2D eigenvalue weighted by atomic mass is 10.1. The molecule has 1 aromatic rings. The van der Waals surface area contributed by atoms with Crippen molar-refractivity contribution in [3.05, 3.63) is 29.8 Å². The van der Waals surface area contributed by atoms with Gasteiger partial charge in [0.05, 0.1) is 6.61 Å². The van der Waals surface area contributed by atoms with Crippen molar-refractivity contribution in [1.29, 1.82) is 0 Å². The van der Waals surface area contributed by atoms with E-state index in [1.807, 2.05) is 25.1 Å². The highest BCUT2D eigenvalue weighted by atomic mass is 16.5. The molecule has 1 atom stereocenters. The summed E-state index contributed by atoms with van der Waals surface area (Å²) < 4.78 is 10.8. The van der Waals surface area contributed by atoms with Crippen LogP contribution in [0.3, 0.4) is 0 Å². The number of nitrogens with zero attached hydrogens (tertiary/aromatic N) is 1. The molecule has 0 saturated heterocycles. The van der Waals surface area contributed by atoms with Gasteiger partial charge in [-0.2, -0.15) is 0 Å². The third-order valence-electron chi connectivity index (χ3n) is 3.69. The van der Waals surface area contributed by atoms with Gasteiger partial charge >= 0.3 is 5.97 Å². The van der Waals surface area contributed by atoms with Crippen LogP contribution in [-0.2, 0) is 16.1 Å². The maximum Gasteiger partial charge on any atom is 0.323 e. The van der Waals surface area contributed by atoms with Crippen molar-refractivity contribution < 1.29 is 14.3 Å². The molecular weight excluding hydrogens is 268 g/mol. The quantitative estimate of drug-likeness (QED) is 0.804. The minimum atomic E-state index is -0.246. The SMILES string of the molecule is CCOC(=O)C(CCN1CCOc2ccccc2C1)NC. The third-order valence-corrected chi connectivity index (χ3v) is 3.69. The zero-order chi connectivity index (χ0) is 15.1. The number of rotatable bonds is 6. The highest BCUT2D eigenvalue weighted by Crippen LogP contribution is 2.22. The largest absolute Gasteiger partial charge is 0.492 e. The minimum absolute atomic E-state index is 0.175. The van der Waals surface area contributed by atoms with E-state index in [9.17, 15) is 4.79 Å². The topological polar surface area (TPSA) is 50.8 Å². The molecule has 0 amide bonds. The highest BCUT2D eigenvalue weighted by molar-refractivity contribution is 5.75. The summed E-state index contributed by atoms with van der Waals surface area (Å²) in [5.74, 6) is 0.794. The van der Waals surface area contributed by atoms with Gasteiger partial charge in [-0.15, -0.1) is 0 Å². The maximum absolute atomic E-state index is 11.8. The second kappa shape index (κ2) is 8.00. The van der Waals surface area contributed by atoms with Crippen LogP contribution in [0.2, 0.25) is 0 Å². The Morgan fingerprint density at radius 1 is 1.48 bits per heavy atom. The lowest BCUT2D eigenvalue weighted by Gasteiger charge is -2.22. The van der Waals surface area contributed by atoms with E-state index in [0.29, 0.717) is 13.2 Å². The number of benzene rings is 1. The molecule has 0 spiro atoms. The molecule has 5 heteroatoms. The van der Waals surface area contributed by atoms with Crippen molar-refractivity contribution in [3.63, 3.8) is 0 Å². The second-order valence-electron chi connectivity index (χ2n) is 5.11. The summed E-state index contributed by atoms with van der Waals surface area (Å²) >= 11 is 0. The fraction of sp³-hybridized carbons (Fsp3) is 0.562. The lowest BCUT2D eigenvalue weighted by Crippen LogP contribution is -2.39. The van der Waals surface area contributed by atoms with Crippen molar-refractivity contribution in [2.75, 3.05) is 33.4 Å². The molecule has 0 aliphatic carbocycles. The molecule has 116 valence electrons. The summed E-state index contributed by atoms with van der Waals surface area (Å²) in [6.45, 7) is 5.49. The van der Waals surface area contributed by atoms with Gasteiger partial charge in [-0.25, -0.2) is 0 Å². The molecule has 0 radical (unpaired) electrons. The second-order valence-corrected chi connectivity index (χ2v) is 5.11. The van der Waals surface area contributed by atoms with Crippen LogP contribution in [0.5, 0.6) is 5.75 Å². The number of carbonyl (C=O) groups is 1. The van der Waals surface area contributed by atoms with Gasteiger partial charge in [-0.1, -0.05) is 18.2 Å². The predicted molar refractivity (Wildman–Crippen MR) is 81.3 cm³/mol. The van der Waals surface area contributed by atoms with Crippen LogP contribution in [0.15, 0.2) is 24.3 Å². The summed E-state index contributed by atoms with van der Waals surface area (Å²) in [5.41, 5.74) is 1.20. The monoisotopic (exact) mass is 292 g/mol. The van der Waals surface area contributed by atoms with Gasteiger partial charge in [-0.05, 0) is 26.5 Å². The number of hydrogen-bond acceptors (Lipinski definition) is 5. The van der Waals surface area contributed by atoms with E-state index in [1.54, 1.807) is 7.05 Å². The van der Waals surface area contributed by atoms with Gasteiger partial charge < -0.3 is 14.8 Å². The number of nitrogens with one attached hydrogen (secondary N) is 1. The maximum atomic E-state index is 11.8. The molecule has 0 saturated carbocycles. The average Bonchev–Trinajstić information content (AvgIpc) is 2.70. The minimum Gasteiger partial charge on any atom is -0.492 e. The molecule has 1 heterocycles.